The van der Waals surface area contributed by atoms with Gasteiger partial charge in [0.2, 0.25) is 5.91 Å². The van der Waals surface area contributed by atoms with Crippen LogP contribution in [0.3, 0.4) is 0 Å². The number of aliphatic imine (C=N–C) groups is 1. The second-order valence-electron chi connectivity index (χ2n) is 10.9. The van der Waals surface area contributed by atoms with Gasteiger partial charge in [-0.1, -0.05) is 103 Å². The van der Waals surface area contributed by atoms with Gasteiger partial charge in [-0.3, -0.25) is 14.6 Å². The summed E-state index contributed by atoms with van der Waals surface area (Å²) in [6.45, 7) is 4.36. The van der Waals surface area contributed by atoms with Crippen molar-refractivity contribution in [2.45, 2.75) is 31.7 Å². The molecule has 4 rings (SSSR count). The van der Waals surface area contributed by atoms with Crippen LogP contribution in [0.2, 0.25) is 0 Å². The van der Waals surface area contributed by atoms with Crippen molar-refractivity contribution in [3.8, 4) is 11.1 Å². The second kappa shape index (κ2) is 17.4. The highest BCUT2D eigenvalue weighted by molar-refractivity contribution is 5.94. The second-order valence-corrected chi connectivity index (χ2v) is 10.9. The molecule has 4 aromatic carbocycles. The zero-order chi connectivity index (χ0) is 31.9. The number of carbonyl (C=O) groups excluding carboxylic acids is 2. The van der Waals surface area contributed by atoms with Gasteiger partial charge in [0.05, 0.1) is 6.04 Å². The number of nitrogens with one attached hydrogen (secondary N) is 2. The lowest BCUT2D eigenvalue weighted by Gasteiger charge is -2.31. The summed E-state index contributed by atoms with van der Waals surface area (Å²) in [6.07, 6.45) is 1.20. The molecule has 0 aliphatic heterocycles. The molecule has 0 fully saturated rings. The largest absolute Gasteiger partial charge is 0.370 e. The topological polar surface area (TPSA) is 126 Å². The van der Waals surface area contributed by atoms with Crippen LogP contribution in [0.5, 0.6) is 0 Å². The highest BCUT2D eigenvalue weighted by Gasteiger charge is 2.26. The van der Waals surface area contributed by atoms with Crippen LogP contribution in [-0.4, -0.2) is 61.4 Å². The normalized spacial score (nSPS) is 11.5. The van der Waals surface area contributed by atoms with Crippen LogP contribution >= 0.6 is 0 Å². The zero-order valence-electron chi connectivity index (χ0n) is 25.9. The van der Waals surface area contributed by atoms with E-state index in [1.807, 2.05) is 103 Å². The van der Waals surface area contributed by atoms with E-state index in [0.717, 1.165) is 22.3 Å². The number of nitrogens with two attached hydrogens (primary N) is 2. The summed E-state index contributed by atoms with van der Waals surface area (Å²) < 4.78 is 0. The molecule has 234 valence electrons. The Morgan fingerprint density at radius 2 is 1.31 bits per heavy atom. The fraction of sp³-hybridized carbons (Fsp3) is 0.270. The molecule has 6 N–H and O–H groups in total. The Bertz CT molecular complexity index is 1450. The third-order valence-corrected chi connectivity index (χ3v) is 7.80. The summed E-state index contributed by atoms with van der Waals surface area (Å²) in [5, 5.41) is 6.37. The first-order valence-electron chi connectivity index (χ1n) is 15.6. The van der Waals surface area contributed by atoms with Gasteiger partial charge in [-0.15, -0.1) is 0 Å². The third kappa shape index (κ3) is 10.0. The smallest absolute Gasteiger partial charge is 0.251 e. The van der Waals surface area contributed by atoms with Crippen LogP contribution in [0, 0.1) is 0 Å². The monoisotopic (exact) mass is 604 g/mol. The van der Waals surface area contributed by atoms with Gasteiger partial charge in [0.1, 0.15) is 0 Å². The molecule has 0 radical (unpaired) electrons. The Morgan fingerprint density at radius 1 is 0.756 bits per heavy atom. The van der Waals surface area contributed by atoms with E-state index in [0.29, 0.717) is 51.1 Å². The predicted octanol–water partition coefficient (Wildman–Crippen LogP) is 4.78. The van der Waals surface area contributed by atoms with Crippen LogP contribution in [0.25, 0.3) is 11.1 Å². The molecule has 0 bridgehead atoms. The molecule has 0 saturated carbocycles. The van der Waals surface area contributed by atoms with E-state index < -0.39 is 6.04 Å². The molecule has 1 unspecified atom stereocenters. The van der Waals surface area contributed by atoms with Crippen LogP contribution in [0.4, 0.5) is 0 Å². The van der Waals surface area contributed by atoms with Gasteiger partial charge < -0.3 is 27.0 Å². The molecule has 0 aliphatic carbocycles. The van der Waals surface area contributed by atoms with E-state index in [4.69, 9.17) is 11.5 Å². The third-order valence-electron chi connectivity index (χ3n) is 7.80. The van der Waals surface area contributed by atoms with Gasteiger partial charge in [0.25, 0.3) is 5.91 Å². The fourth-order valence-electron chi connectivity index (χ4n) is 5.38. The number of nitrogens with zero attached hydrogens (tertiary/aromatic N) is 2. The van der Waals surface area contributed by atoms with E-state index in [1.54, 1.807) is 0 Å². The van der Waals surface area contributed by atoms with Crippen molar-refractivity contribution in [3.63, 3.8) is 0 Å². The molecule has 8 nitrogen and oxygen atoms in total. The first kappa shape index (κ1) is 33.0. The molecule has 8 heteroatoms. The molecule has 45 heavy (non-hydrogen) atoms. The Morgan fingerprint density at radius 3 is 1.87 bits per heavy atom. The molecule has 0 heterocycles. The fourth-order valence-corrected chi connectivity index (χ4v) is 5.38. The summed E-state index contributed by atoms with van der Waals surface area (Å²) in [7, 11) is 0. The van der Waals surface area contributed by atoms with Gasteiger partial charge >= 0.3 is 0 Å². The first-order chi connectivity index (χ1) is 22.0. The molecular weight excluding hydrogens is 560 g/mol. The van der Waals surface area contributed by atoms with Crippen molar-refractivity contribution in [1.29, 1.82) is 0 Å². The van der Waals surface area contributed by atoms with E-state index in [1.165, 1.54) is 0 Å². The van der Waals surface area contributed by atoms with Crippen LogP contribution in [-0.2, 0) is 4.79 Å². The lowest BCUT2D eigenvalue weighted by molar-refractivity contribution is -0.133. The van der Waals surface area contributed by atoms with Gasteiger partial charge in [0, 0.05) is 44.2 Å². The minimum atomic E-state index is -0.451. The number of carbonyl (C=O) groups is 2. The van der Waals surface area contributed by atoms with Crippen molar-refractivity contribution in [1.82, 2.24) is 15.5 Å². The quantitative estimate of drug-likeness (QED) is 0.0833. The molecule has 0 saturated heterocycles. The number of rotatable bonds is 16. The average molecular weight is 605 g/mol. The van der Waals surface area contributed by atoms with Crippen molar-refractivity contribution >= 4 is 17.8 Å². The summed E-state index contributed by atoms with van der Waals surface area (Å²) in [5.74, 6) is -0.0714. The summed E-state index contributed by atoms with van der Waals surface area (Å²) in [5.41, 5.74) is 16.1. The van der Waals surface area contributed by atoms with Crippen LogP contribution < -0.4 is 22.1 Å². The molecule has 0 aromatic heterocycles. The Labute approximate surface area is 266 Å². The molecule has 4 aromatic rings. The molecule has 0 aliphatic rings. The van der Waals surface area contributed by atoms with Crippen LogP contribution in [0.1, 0.15) is 47.2 Å². The van der Waals surface area contributed by atoms with E-state index in [2.05, 4.69) is 39.9 Å². The maximum absolute atomic E-state index is 14.0. The number of hydrogen-bond acceptors (Lipinski definition) is 4. The number of likely N-dealkylation sites (N-methyl/N-ethyl adjacent to an activating group) is 1. The zero-order valence-corrected chi connectivity index (χ0v) is 25.9. The number of amides is 2. The summed E-state index contributed by atoms with van der Waals surface area (Å²) in [4.78, 5) is 32.8. The lowest BCUT2D eigenvalue weighted by atomic mass is 9.90. The maximum Gasteiger partial charge on any atom is 0.251 e. The predicted molar refractivity (Wildman–Crippen MR) is 183 cm³/mol. The van der Waals surface area contributed by atoms with Gasteiger partial charge in [-0.25, -0.2) is 0 Å². The van der Waals surface area contributed by atoms with Crippen molar-refractivity contribution in [3.05, 3.63) is 132 Å². The van der Waals surface area contributed by atoms with E-state index >= 15 is 0 Å². The Balaban J connectivity index is 1.39. The SMILES string of the molecule is CCN(CC(c1ccccc1)c1ccccc1)C(=O)C(CCCN=C(N)N)NCCNC(=O)c1ccc(-c2ccccc2)cc1. The molecule has 0 spiro atoms. The van der Waals surface area contributed by atoms with Crippen molar-refractivity contribution in [2.75, 3.05) is 32.7 Å². The van der Waals surface area contributed by atoms with E-state index in [-0.39, 0.29) is 23.7 Å². The van der Waals surface area contributed by atoms with Gasteiger partial charge in [0.15, 0.2) is 5.96 Å². The Hall–Kier alpha value is -4.95. The van der Waals surface area contributed by atoms with E-state index in [9.17, 15) is 9.59 Å². The van der Waals surface area contributed by atoms with Gasteiger partial charge in [-0.05, 0) is 54.2 Å². The number of guanidine groups is 1. The van der Waals surface area contributed by atoms with Crippen molar-refractivity contribution in [2.24, 2.45) is 16.5 Å². The highest BCUT2D eigenvalue weighted by atomic mass is 16.2. The summed E-state index contributed by atoms with van der Waals surface area (Å²) in [6, 6.07) is 37.7. The maximum atomic E-state index is 14.0. The molecular formula is C37H44N6O2. The van der Waals surface area contributed by atoms with Crippen molar-refractivity contribution < 1.29 is 9.59 Å². The minimum Gasteiger partial charge on any atom is -0.370 e. The minimum absolute atomic E-state index is 0.0156. The highest BCUT2D eigenvalue weighted by Crippen LogP contribution is 2.26. The molecule has 1 atom stereocenters. The van der Waals surface area contributed by atoms with Gasteiger partial charge in [-0.2, -0.15) is 0 Å². The summed E-state index contributed by atoms with van der Waals surface area (Å²) >= 11 is 0. The lowest BCUT2D eigenvalue weighted by Crippen LogP contribution is -2.49. The molecule has 2 amide bonds. The number of hydrogen-bond donors (Lipinski definition) is 4. The average Bonchev–Trinajstić information content (AvgIpc) is 3.09. The number of benzene rings is 4. The van der Waals surface area contributed by atoms with Crippen LogP contribution in [0.15, 0.2) is 120 Å². The standard InChI is InChI=1S/C37H44N6O2/c1-2-43(27-33(30-15-8-4-9-16-30)31-17-10-5-11-18-31)36(45)34(19-12-24-42-37(38)39)40-25-26-41-35(44)32-22-20-29(21-23-32)28-13-6-3-7-14-28/h3-11,13-18,20-23,33-34,40H,2,12,19,24-27H2,1H3,(H,41,44)(H4,38,39,42). The first-order valence-corrected chi connectivity index (χ1v) is 15.6. The Kier molecular flexibility index (Phi) is 12.7.